The van der Waals surface area contributed by atoms with Crippen molar-refractivity contribution < 1.29 is 13.9 Å². The van der Waals surface area contributed by atoms with Crippen LogP contribution in [0.5, 0.6) is 5.75 Å². The van der Waals surface area contributed by atoms with Gasteiger partial charge in [0.15, 0.2) is 5.82 Å². The number of amides is 1. The van der Waals surface area contributed by atoms with Gasteiger partial charge in [-0.15, -0.1) is 0 Å². The standard InChI is InChI=1S/C24H22FN5O2/c1-32-20-13-17(15-6-8-18(25)9-7-15)12-19-22(20)29-23(16-4-2-10-27-14-16)30-24(19)28-11-3-5-21(26)31/h2,4,6-10,12-14H,3,5,11H2,1H3,(H2,26,31)(H,28,29,30). The van der Waals surface area contributed by atoms with E-state index in [-0.39, 0.29) is 18.1 Å². The molecule has 2 aromatic heterocycles. The molecule has 0 bridgehead atoms. The number of rotatable bonds is 8. The summed E-state index contributed by atoms with van der Waals surface area (Å²) in [4.78, 5) is 24.7. The Bertz CT molecular complexity index is 1250. The van der Waals surface area contributed by atoms with E-state index in [1.165, 1.54) is 12.1 Å². The predicted octanol–water partition coefficient (Wildman–Crippen LogP) is 4.18. The van der Waals surface area contributed by atoms with Crippen LogP contribution in [-0.2, 0) is 4.79 Å². The van der Waals surface area contributed by atoms with E-state index >= 15 is 0 Å². The second-order valence-electron chi connectivity index (χ2n) is 7.22. The van der Waals surface area contributed by atoms with E-state index in [4.69, 9.17) is 20.4 Å². The van der Waals surface area contributed by atoms with Crippen molar-refractivity contribution in [2.45, 2.75) is 12.8 Å². The van der Waals surface area contributed by atoms with Crippen molar-refractivity contribution in [3.8, 4) is 28.3 Å². The van der Waals surface area contributed by atoms with Gasteiger partial charge in [-0.25, -0.2) is 14.4 Å². The minimum Gasteiger partial charge on any atom is -0.494 e. The Labute approximate surface area is 184 Å². The number of hydrogen-bond acceptors (Lipinski definition) is 6. The summed E-state index contributed by atoms with van der Waals surface area (Å²) in [5, 5.41) is 4.04. The smallest absolute Gasteiger partial charge is 0.217 e. The summed E-state index contributed by atoms with van der Waals surface area (Å²) in [5.41, 5.74) is 8.32. The number of fused-ring (bicyclic) bond motifs is 1. The summed E-state index contributed by atoms with van der Waals surface area (Å²) in [5.74, 6) is 1.00. The molecule has 2 aromatic carbocycles. The summed E-state index contributed by atoms with van der Waals surface area (Å²) in [6.45, 7) is 0.505. The van der Waals surface area contributed by atoms with E-state index in [1.54, 1.807) is 31.6 Å². The van der Waals surface area contributed by atoms with Gasteiger partial charge in [0.05, 0.1) is 7.11 Å². The molecule has 4 aromatic rings. The van der Waals surface area contributed by atoms with E-state index in [0.29, 0.717) is 35.9 Å². The van der Waals surface area contributed by atoms with Crippen molar-refractivity contribution in [2.75, 3.05) is 19.0 Å². The molecule has 8 heteroatoms. The summed E-state index contributed by atoms with van der Waals surface area (Å²) in [6, 6.07) is 13.7. The monoisotopic (exact) mass is 431 g/mol. The molecule has 32 heavy (non-hydrogen) atoms. The lowest BCUT2D eigenvalue weighted by molar-refractivity contribution is -0.118. The molecule has 162 valence electrons. The fourth-order valence-corrected chi connectivity index (χ4v) is 3.39. The first-order valence-electron chi connectivity index (χ1n) is 10.1. The van der Waals surface area contributed by atoms with Crippen LogP contribution >= 0.6 is 0 Å². The highest BCUT2D eigenvalue weighted by atomic mass is 19.1. The number of hydrogen-bond donors (Lipinski definition) is 2. The maximum atomic E-state index is 13.4. The Balaban J connectivity index is 1.85. The molecule has 4 rings (SSSR count). The van der Waals surface area contributed by atoms with Gasteiger partial charge in [0, 0.05) is 36.3 Å². The van der Waals surface area contributed by atoms with Crippen LogP contribution in [0.2, 0.25) is 0 Å². The van der Waals surface area contributed by atoms with Crippen LogP contribution in [0.1, 0.15) is 12.8 Å². The molecule has 0 aliphatic rings. The van der Waals surface area contributed by atoms with Crippen molar-refractivity contribution in [3.05, 3.63) is 66.7 Å². The maximum absolute atomic E-state index is 13.4. The quantitative estimate of drug-likeness (QED) is 0.406. The number of primary amides is 1. The number of nitrogens with two attached hydrogens (primary N) is 1. The summed E-state index contributed by atoms with van der Waals surface area (Å²) < 4.78 is 19.1. The Morgan fingerprint density at radius 2 is 1.91 bits per heavy atom. The van der Waals surface area contributed by atoms with Crippen LogP contribution in [0.15, 0.2) is 60.9 Å². The molecule has 0 aliphatic carbocycles. The zero-order valence-corrected chi connectivity index (χ0v) is 17.5. The number of pyridine rings is 1. The number of nitrogens with one attached hydrogen (secondary N) is 1. The number of benzene rings is 2. The number of methoxy groups -OCH3 is 1. The zero-order valence-electron chi connectivity index (χ0n) is 17.5. The predicted molar refractivity (Wildman–Crippen MR) is 122 cm³/mol. The largest absolute Gasteiger partial charge is 0.494 e. The molecule has 0 atom stereocenters. The fraction of sp³-hybridized carbons (Fsp3) is 0.167. The third-order valence-corrected chi connectivity index (χ3v) is 4.98. The Morgan fingerprint density at radius 1 is 1.09 bits per heavy atom. The molecule has 0 saturated carbocycles. The molecule has 3 N–H and O–H groups in total. The summed E-state index contributed by atoms with van der Waals surface area (Å²) in [7, 11) is 1.58. The molecule has 0 unspecified atom stereocenters. The maximum Gasteiger partial charge on any atom is 0.217 e. The number of halogens is 1. The summed E-state index contributed by atoms with van der Waals surface area (Å²) >= 11 is 0. The topological polar surface area (TPSA) is 103 Å². The molecule has 2 heterocycles. The number of aromatic nitrogens is 3. The van der Waals surface area contributed by atoms with E-state index < -0.39 is 0 Å². The first-order chi connectivity index (χ1) is 15.5. The van der Waals surface area contributed by atoms with Gasteiger partial charge in [-0.05, 0) is 53.9 Å². The molecular weight excluding hydrogens is 409 g/mol. The van der Waals surface area contributed by atoms with Crippen molar-refractivity contribution >= 4 is 22.6 Å². The zero-order chi connectivity index (χ0) is 22.5. The van der Waals surface area contributed by atoms with E-state index in [9.17, 15) is 9.18 Å². The van der Waals surface area contributed by atoms with Gasteiger partial charge in [-0.1, -0.05) is 12.1 Å². The molecule has 0 aliphatic heterocycles. The van der Waals surface area contributed by atoms with Crippen molar-refractivity contribution in [2.24, 2.45) is 5.73 Å². The normalized spacial score (nSPS) is 10.8. The molecule has 0 spiro atoms. The van der Waals surface area contributed by atoms with Crippen molar-refractivity contribution in [1.82, 2.24) is 15.0 Å². The number of ether oxygens (including phenoxy) is 1. The average Bonchev–Trinajstić information content (AvgIpc) is 2.81. The van der Waals surface area contributed by atoms with Gasteiger partial charge in [0.1, 0.15) is 22.9 Å². The van der Waals surface area contributed by atoms with E-state index in [0.717, 1.165) is 22.1 Å². The Morgan fingerprint density at radius 3 is 2.59 bits per heavy atom. The van der Waals surface area contributed by atoms with Gasteiger partial charge in [0.25, 0.3) is 0 Å². The highest BCUT2D eigenvalue weighted by Crippen LogP contribution is 2.36. The number of carbonyl (C=O) groups excluding carboxylic acids is 1. The lowest BCUT2D eigenvalue weighted by atomic mass is 10.0. The second kappa shape index (κ2) is 9.38. The van der Waals surface area contributed by atoms with Crippen LogP contribution in [0, 0.1) is 5.82 Å². The van der Waals surface area contributed by atoms with E-state index in [2.05, 4.69) is 10.3 Å². The summed E-state index contributed by atoms with van der Waals surface area (Å²) in [6.07, 6.45) is 4.22. The molecule has 0 saturated heterocycles. The number of nitrogens with zero attached hydrogens (tertiary/aromatic N) is 3. The number of carbonyl (C=O) groups is 1. The first-order valence-corrected chi connectivity index (χ1v) is 10.1. The SMILES string of the molecule is COc1cc(-c2ccc(F)cc2)cc2c(NCCCC(N)=O)nc(-c3cccnc3)nc12. The van der Waals surface area contributed by atoms with Gasteiger partial charge >= 0.3 is 0 Å². The molecule has 7 nitrogen and oxygen atoms in total. The Kier molecular flexibility index (Phi) is 6.21. The third-order valence-electron chi connectivity index (χ3n) is 4.98. The lowest BCUT2D eigenvalue weighted by Gasteiger charge is -2.15. The second-order valence-corrected chi connectivity index (χ2v) is 7.22. The van der Waals surface area contributed by atoms with Gasteiger partial charge in [-0.3, -0.25) is 9.78 Å². The first kappa shape index (κ1) is 21.2. The lowest BCUT2D eigenvalue weighted by Crippen LogP contribution is -2.13. The van der Waals surface area contributed by atoms with E-state index in [1.807, 2.05) is 24.3 Å². The minimum absolute atomic E-state index is 0.273. The van der Waals surface area contributed by atoms with Crippen LogP contribution < -0.4 is 15.8 Å². The number of anilines is 1. The fourth-order valence-electron chi connectivity index (χ4n) is 3.39. The van der Waals surface area contributed by atoms with Crippen LogP contribution in [0.3, 0.4) is 0 Å². The van der Waals surface area contributed by atoms with Gasteiger partial charge in [-0.2, -0.15) is 0 Å². The van der Waals surface area contributed by atoms with Crippen molar-refractivity contribution in [3.63, 3.8) is 0 Å². The molecule has 0 fully saturated rings. The van der Waals surface area contributed by atoms with Gasteiger partial charge in [0.2, 0.25) is 5.91 Å². The van der Waals surface area contributed by atoms with Gasteiger partial charge < -0.3 is 15.8 Å². The molecule has 0 radical (unpaired) electrons. The highest BCUT2D eigenvalue weighted by Gasteiger charge is 2.16. The van der Waals surface area contributed by atoms with Crippen LogP contribution in [0.4, 0.5) is 10.2 Å². The van der Waals surface area contributed by atoms with Crippen LogP contribution in [-0.4, -0.2) is 34.5 Å². The highest BCUT2D eigenvalue weighted by molar-refractivity contribution is 5.97. The molecular formula is C24H22FN5O2. The third kappa shape index (κ3) is 4.64. The Hall–Kier alpha value is -4.07. The minimum atomic E-state index is -0.351. The molecule has 1 amide bonds. The average molecular weight is 431 g/mol. The van der Waals surface area contributed by atoms with Crippen molar-refractivity contribution in [1.29, 1.82) is 0 Å². The van der Waals surface area contributed by atoms with Crippen LogP contribution in [0.25, 0.3) is 33.4 Å².